The Morgan fingerprint density at radius 1 is 1.32 bits per heavy atom. The topological polar surface area (TPSA) is 100 Å². The maximum absolute atomic E-state index is 6.06. The van der Waals surface area contributed by atoms with Crippen LogP contribution < -0.4 is 20.5 Å². The van der Waals surface area contributed by atoms with Crippen LogP contribution in [0.5, 0.6) is 12.0 Å². The maximum atomic E-state index is 6.06. The number of piperidine rings is 1. The second-order valence-electron chi connectivity index (χ2n) is 6.52. The molecule has 0 unspecified atom stereocenters. The molecule has 0 bridgehead atoms. The largest absolute Gasteiger partial charge is 0.468 e. The third kappa shape index (κ3) is 4.12. The number of aryl methyl sites for hydroxylation is 1. The summed E-state index contributed by atoms with van der Waals surface area (Å²) in [7, 11) is 1.61. The fourth-order valence-corrected chi connectivity index (χ4v) is 3.19. The Hall–Kier alpha value is -2.09. The summed E-state index contributed by atoms with van der Waals surface area (Å²) in [4.78, 5) is 13.2. The Kier molecular flexibility index (Phi) is 5.91. The molecule has 1 atom stereocenters. The third-order valence-corrected chi connectivity index (χ3v) is 4.64. The van der Waals surface area contributed by atoms with E-state index in [0.29, 0.717) is 41.5 Å². The summed E-state index contributed by atoms with van der Waals surface area (Å²) < 4.78 is 13.1. The van der Waals surface area contributed by atoms with Gasteiger partial charge in [0.1, 0.15) is 0 Å². The highest BCUT2D eigenvalue weighted by Crippen LogP contribution is 2.27. The molecule has 0 saturated carbocycles. The number of hydrogen-bond acceptors (Lipinski definition) is 7. The number of methoxy groups -OCH3 is 1. The maximum Gasteiger partial charge on any atom is 0.320 e. The first-order chi connectivity index (χ1) is 12.2. The number of imidazole rings is 1. The fourth-order valence-electron chi connectivity index (χ4n) is 3.19. The van der Waals surface area contributed by atoms with E-state index in [1.165, 1.54) is 12.8 Å². The zero-order valence-electron chi connectivity index (χ0n) is 15.1. The van der Waals surface area contributed by atoms with Gasteiger partial charge in [-0.1, -0.05) is 13.3 Å². The van der Waals surface area contributed by atoms with Crippen molar-refractivity contribution in [2.45, 2.75) is 45.6 Å². The molecule has 0 aromatic carbocycles. The van der Waals surface area contributed by atoms with Gasteiger partial charge >= 0.3 is 6.01 Å². The summed E-state index contributed by atoms with van der Waals surface area (Å²) >= 11 is 0. The molecule has 0 aliphatic carbocycles. The number of ether oxygens (including phenoxy) is 2. The molecule has 1 fully saturated rings. The number of rotatable bonds is 8. The van der Waals surface area contributed by atoms with E-state index in [-0.39, 0.29) is 0 Å². The minimum absolute atomic E-state index is 0.307. The quantitative estimate of drug-likeness (QED) is 0.704. The van der Waals surface area contributed by atoms with Crippen LogP contribution in [0, 0.1) is 5.92 Å². The second-order valence-corrected chi connectivity index (χ2v) is 6.52. The second kappa shape index (κ2) is 8.33. The van der Waals surface area contributed by atoms with E-state index >= 15 is 0 Å². The smallest absolute Gasteiger partial charge is 0.320 e. The highest BCUT2D eigenvalue weighted by atomic mass is 16.5. The molecule has 25 heavy (non-hydrogen) atoms. The van der Waals surface area contributed by atoms with Crippen LogP contribution in [0.4, 0.5) is 5.82 Å². The van der Waals surface area contributed by atoms with Crippen LogP contribution in [0.3, 0.4) is 0 Å². The number of aromatic nitrogens is 4. The lowest BCUT2D eigenvalue weighted by Gasteiger charge is -2.22. The van der Waals surface area contributed by atoms with E-state index in [9.17, 15) is 0 Å². The minimum atomic E-state index is 0.307. The molecule has 0 amide bonds. The molecule has 1 aliphatic heterocycles. The molecule has 0 spiro atoms. The standard InChI is InChI=1S/C17H28N6O2/c1-3-4-10-25-16-21-14(18)13-15(22-16)23(17(20-13)24-2)9-7-12-6-5-8-19-11-12/h12,19H,3-11H2,1-2H3,(H2,18,21,22)/t12-/m1/s1. The molecule has 0 radical (unpaired) electrons. The SMILES string of the molecule is CCCCOc1nc(N)c2nc(OC)n(CC[C@H]3CCCNC3)c2n1. The zero-order valence-corrected chi connectivity index (χ0v) is 15.1. The van der Waals surface area contributed by atoms with E-state index in [1.54, 1.807) is 7.11 Å². The average Bonchev–Trinajstić information content (AvgIpc) is 2.99. The minimum Gasteiger partial charge on any atom is -0.468 e. The summed E-state index contributed by atoms with van der Waals surface area (Å²) in [5.41, 5.74) is 7.32. The van der Waals surface area contributed by atoms with Crippen molar-refractivity contribution >= 4 is 17.0 Å². The van der Waals surface area contributed by atoms with Gasteiger partial charge in [-0.05, 0) is 44.7 Å². The van der Waals surface area contributed by atoms with Crippen molar-refractivity contribution < 1.29 is 9.47 Å². The first-order valence-electron chi connectivity index (χ1n) is 9.14. The Morgan fingerprint density at radius 3 is 2.92 bits per heavy atom. The van der Waals surface area contributed by atoms with Crippen molar-refractivity contribution in [1.29, 1.82) is 0 Å². The molecule has 3 rings (SSSR count). The van der Waals surface area contributed by atoms with Gasteiger partial charge in [0.15, 0.2) is 17.0 Å². The Labute approximate surface area is 148 Å². The first kappa shape index (κ1) is 17.7. The number of hydrogen-bond donors (Lipinski definition) is 2. The Morgan fingerprint density at radius 2 is 2.20 bits per heavy atom. The zero-order chi connectivity index (χ0) is 17.6. The lowest BCUT2D eigenvalue weighted by atomic mass is 9.96. The Balaban J connectivity index is 1.83. The van der Waals surface area contributed by atoms with Crippen molar-refractivity contribution in [3.63, 3.8) is 0 Å². The van der Waals surface area contributed by atoms with Gasteiger partial charge in [0, 0.05) is 6.54 Å². The molecule has 1 aliphatic rings. The molecular formula is C17H28N6O2. The summed E-state index contributed by atoms with van der Waals surface area (Å²) in [5, 5.41) is 3.46. The molecule has 3 heterocycles. The van der Waals surface area contributed by atoms with Gasteiger partial charge in [0.05, 0.1) is 13.7 Å². The van der Waals surface area contributed by atoms with Crippen molar-refractivity contribution in [3.05, 3.63) is 0 Å². The van der Waals surface area contributed by atoms with Gasteiger partial charge in [-0.15, -0.1) is 0 Å². The van der Waals surface area contributed by atoms with E-state index < -0.39 is 0 Å². The van der Waals surface area contributed by atoms with Crippen LogP contribution >= 0.6 is 0 Å². The predicted molar refractivity (Wildman–Crippen MR) is 96.9 cm³/mol. The highest BCUT2D eigenvalue weighted by molar-refractivity contribution is 5.83. The highest BCUT2D eigenvalue weighted by Gasteiger charge is 2.20. The van der Waals surface area contributed by atoms with Crippen LogP contribution in [0.25, 0.3) is 11.2 Å². The van der Waals surface area contributed by atoms with Gasteiger partial charge in [-0.25, -0.2) is 0 Å². The number of nitrogen functional groups attached to an aromatic ring is 1. The summed E-state index contributed by atoms with van der Waals surface area (Å²) in [5.74, 6) is 0.989. The van der Waals surface area contributed by atoms with E-state index in [1.807, 2.05) is 4.57 Å². The fraction of sp³-hybridized carbons (Fsp3) is 0.706. The van der Waals surface area contributed by atoms with Crippen LogP contribution in [0.1, 0.15) is 39.0 Å². The number of nitrogens with zero attached hydrogens (tertiary/aromatic N) is 4. The molecule has 1 saturated heterocycles. The van der Waals surface area contributed by atoms with Crippen molar-refractivity contribution in [2.24, 2.45) is 5.92 Å². The average molecular weight is 348 g/mol. The van der Waals surface area contributed by atoms with E-state index in [0.717, 1.165) is 38.9 Å². The number of nitrogens with two attached hydrogens (primary N) is 1. The number of unbranched alkanes of at least 4 members (excludes halogenated alkanes) is 1. The van der Waals surface area contributed by atoms with Crippen LogP contribution in [-0.4, -0.2) is 46.3 Å². The lowest BCUT2D eigenvalue weighted by Crippen LogP contribution is -2.30. The molecule has 2 aromatic heterocycles. The summed E-state index contributed by atoms with van der Waals surface area (Å²) in [6.45, 7) is 5.67. The van der Waals surface area contributed by atoms with E-state index in [2.05, 4.69) is 27.2 Å². The number of nitrogens with one attached hydrogen (secondary N) is 1. The van der Waals surface area contributed by atoms with Crippen LogP contribution in [-0.2, 0) is 6.54 Å². The van der Waals surface area contributed by atoms with E-state index in [4.69, 9.17) is 15.2 Å². The Bertz CT molecular complexity index is 696. The van der Waals surface area contributed by atoms with Gasteiger partial charge < -0.3 is 20.5 Å². The van der Waals surface area contributed by atoms with Gasteiger partial charge in [-0.3, -0.25) is 4.57 Å². The molecule has 8 heteroatoms. The van der Waals surface area contributed by atoms with Crippen LogP contribution in [0.15, 0.2) is 0 Å². The number of anilines is 1. The predicted octanol–water partition coefficient (Wildman–Crippen LogP) is 1.99. The molecule has 3 N–H and O–H groups in total. The molecule has 138 valence electrons. The third-order valence-electron chi connectivity index (χ3n) is 4.64. The monoisotopic (exact) mass is 348 g/mol. The van der Waals surface area contributed by atoms with Crippen molar-refractivity contribution in [3.8, 4) is 12.0 Å². The van der Waals surface area contributed by atoms with Gasteiger partial charge in [-0.2, -0.15) is 15.0 Å². The van der Waals surface area contributed by atoms with Gasteiger partial charge in [0.25, 0.3) is 6.01 Å². The molecule has 8 nitrogen and oxygen atoms in total. The number of fused-ring (bicyclic) bond motifs is 1. The summed E-state index contributed by atoms with van der Waals surface area (Å²) in [6, 6.07) is 0.826. The summed E-state index contributed by atoms with van der Waals surface area (Å²) in [6.07, 6.45) is 5.55. The van der Waals surface area contributed by atoms with Crippen molar-refractivity contribution in [1.82, 2.24) is 24.8 Å². The first-order valence-corrected chi connectivity index (χ1v) is 9.14. The van der Waals surface area contributed by atoms with Crippen molar-refractivity contribution in [2.75, 3.05) is 32.5 Å². The van der Waals surface area contributed by atoms with Crippen LogP contribution in [0.2, 0.25) is 0 Å². The lowest BCUT2D eigenvalue weighted by molar-refractivity contribution is 0.286. The molecular weight excluding hydrogens is 320 g/mol. The molecule has 2 aromatic rings. The van der Waals surface area contributed by atoms with Gasteiger partial charge in [0.2, 0.25) is 0 Å². The normalized spacial score (nSPS) is 17.8.